The molecule has 0 fully saturated rings. The minimum absolute atomic E-state index is 0.0178. The number of unbranched alkanes of at least 4 members (excludes halogenated alkanes) is 1. The second kappa shape index (κ2) is 10.3. The smallest absolute Gasteiger partial charge is 0.328 e. The lowest BCUT2D eigenvalue weighted by Gasteiger charge is -2.13. The predicted octanol–water partition coefficient (Wildman–Crippen LogP) is 4.82. The number of anilines is 2. The van der Waals surface area contributed by atoms with Crippen molar-refractivity contribution in [1.82, 2.24) is 20.0 Å². The van der Waals surface area contributed by atoms with Crippen molar-refractivity contribution >= 4 is 60.9 Å². The topological polar surface area (TPSA) is 113 Å². The maximum absolute atomic E-state index is 12.5. The monoisotopic (exact) mass is 505 g/mol. The Morgan fingerprint density at radius 2 is 1.91 bits per heavy atom. The van der Waals surface area contributed by atoms with Crippen LogP contribution in [0, 0.1) is 0 Å². The molecule has 176 valence electrons. The Bertz CT molecular complexity index is 1260. The third-order valence-electron chi connectivity index (χ3n) is 5.45. The molecule has 2 aromatic heterocycles. The molecule has 1 aliphatic rings. The second-order valence-corrected chi connectivity index (χ2v) is 11.4. The van der Waals surface area contributed by atoms with Gasteiger partial charge < -0.3 is 10.6 Å². The number of benzene rings is 1. The molecule has 3 N–H and O–H groups in total. The van der Waals surface area contributed by atoms with Crippen molar-refractivity contribution in [1.29, 1.82) is 0 Å². The molecule has 0 atom stereocenters. The number of carbonyl (C=O) groups excluding carboxylic acids is 1. The van der Waals surface area contributed by atoms with Gasteiger partial charge in [0.1, 0.15) is 10.6 Å². The van der Waals surface area contributed by atoms with Gasteiger partial charge in [-0.05, 0) is 68.2 Å². The maximum Gasteiger partial charge on any atom is 0.328 e. The van der Waals surface area contributed by atoms with Crippen LogP contribution in [0.5, 0.6) is 0 Å². The summed E-state index contributed by atoms with van der Waals surface area (Å²) in [5, 5.41) is 7.67. The molecule has 11 heteroatoms. The van der Waals surface area contributed by atoms with Crippen LogP contribution in [0.1, 0.15) is 43.0 Å². The number of aromatic nitrogens is 2. The molecule has 33 heavy (non-hydrogen) atoms. The minimum Gasteiger partial charge on any atom is -0.340 e. The number of rotatable bonds is 8. The number of aryl methyl sites for hydroxylation is 2. The van der Waals surface area contributed by atoms with Crippen molar-refractivity contribution < 1.29 is 13.2 Å². The highest BCUT2D eigenvalue weighted by Crippen LogP contribution is 2.40. The zero-order valence-corrected chi connectivity index (χ0v) is 21.1. The number of amides is 2. The van der Waals surface area contributed by atoms with Gasteiger partial charge in [-0.1, -0.05) is 25.1 Å². The number of hydrogen-bond acceptors (Lipinski definition) is 8. The predicted molar refractivity (Wildman–Crippen MR) is 134 cm³/mol. The quantitative estimate of drug-likeness (QED) is 0.228. The maximum atomic E-state index is 12.5. The molecule has 8 nitrogen and oxygen atoms in total. The van der Waals surface area contributed by atoms with Gasteiger partial charge in [0.15, 0.2) is 5.16 Å². The van der Waals surface area contributed by atoms with Crippen molar-refractivity contribution in [2.45, 2.75) is 55.5 Å². The fraction of sp³-hybridized carbons (Fsp3) is 0.409. The molecule has 0 bridgehead atoms. The average Bonchev–Trinajstić information content (AvgIpc) is 3.18. The summed E-state index contributed by atoms with van der Waals surface area (Å²) in [4.78, 5) is 23.7. The van der Waals surface area contributed by atoms with E-state index in [0.29, 0.717) is 17.4 Å². The van der Waals surface area contributed by atoms with Crippen LogP contribution >= 0.6 is 23.1 Å². The van der Waals surface area contributed by atoms with Gasteiger partial charge in [0.05, 0.1) is 10.3 Å². The first-order valence-electron chi connectivity index (χ1n) is 10.9. The van der Waals surface area contributed by atoms with E-state index in [1.165, 1.54) is 40.8 Å². The molecule has 0 spiro atoms. The van der Waals surface area contributed by atoms with Gasteiger partial charge in [-0.15, -0.1) is 11.3 Å². The van der Waals surface area contributed by atoms with Crippen molar-refractivity contribution in [3.8, 4) is 0 Å². The molecule has 3 aromatic rings. The third-order valence-corrected chi connectivity index (χ3v) is 8.53. The number of sulfonamides is 1. The molecule has 0 saturated heterocycles. The van der Waals surface area contributed by atoms with E-state index in [1.54, 1.807) is 23.5 Å². The summed E-state index contributed by atoms with van der Waals surface area (Å²) in [5.74, 6) is 0.743. The summed E-state index contributed by atoms with van der Waals surface area (Å²) in [6.07, 6.45) is 8.11. The summed E-state index contributed by atoms with van der Waals surface area (Å²) in [7, 11) is -3.95. The van der Waals surface area contributed by atoms with Gasteiger partial charge in [-0.25, -0.2) is 27.9 Å². The van der Waals surface area contributed by atoms with E-state index in [2.05, 4.69) is 15.4 Å². The Balaban J connectivity index is 1.56. The highest BCUT2D eigenvalue weighted by molar-refractivity contribution is 7.98. The van der Waals surface area contributed by atoms with Gasteiger partial charge in [0.2, 0.25) is 0 Å². The lowest BCUT2D eigenvalue weighted by molar-refractivity contribution is 0.245. The van der Waals surface area contributed by atoms with E-state index in [1.807, 2.05) is 13.2 Å². The molecule has 0 radical (unpaired) electrons. The molecule has 1 aliphatic carbocycles. The summed E-state index contributed by atoms with van der Waals surface area (Å²) in [5.41, 5.74) is 2.04. The van der Waals surface area contributed by atoms with Crippen LogP contribution in [0.2, 0.25) is 0 Å². The number of thiophene rings is 1. The first kappa shape index (κ1) is 23.8. The van der Waals surface area contributed by atoms with Gasteiger partial charge >= 0.3 is 6.03 Å². The van der Waals surface area contributed by atoms with Crippen LogP contribution in [-0.2, 0) is 22.9 Å². The minimum atomic E-state index is -3.95. The zero-order chi connectivity index (χ0) is 23.4. The van der Waals surface area contributed by atoms with Gasteiger partial charge in [-0.2, -0.15) is 0 Å². The standard InChI is InChI=1S/C22H27N5O3S3/c1-3-4-13-23-21(28)27-33(29,30)15-11-9-14(10-12-15)24-19-18-16-7-5-6-8-17(16)32-20(18)26-22(25-19)31-2/h9-12H,3-8,13H2,1-2H3,(H2,23,27,28)(H,24,25,26). The Morgan fingerprint density at radius 1 is 1.15 bits per heavy atom. The molecule has 1 aromatic carbocycles. The van der Waals surface area contributed by atoms with E-state index < -0.39 is 16.1 Å². The van der Waals surface area contributed by atoms with Crippen molar-refractivity contribution in [3.05, 3.63) is 34.7 Å². The number of urea groups is 1. The highest BCUT2D eigenvalue weighted by atomic mass is 32.2. The van der Waals surface area contributed by atoms with Crippen LogP contribution < -0.4 is 15.4 Å². The fourth-order valence-corrected chi connectivity index (χ4v) is 6.38. The van der Waals surface area contributed by atoms with Crippen molar-refractivity contribution in [2.24, 2.45) is 0 Å². The molecular weight excluding hydrogens is 478 g/mol. The normalized spacial score (nSPS) is 13.5. The number of thioether (sulfide) groups is 1. The number of hydrogen-bond donors (Lipinski definition) is 3. The van der Waals surface area contributed by atoms with Crippen LogP contribution in [0.15, 0.2) is 34.3 Å². The Labute approximate surface area is 202 Å². The Morgan fingerprint density at radius 3 is 2.64 bits per heavy atom. The summed E-state index contributed by atoms with van der Waals surface area (Å²) < 4.78 is 27.1. The van der Waals surface area contributed by atoms with Crippen LogP contribution in [0.4, 0.5) is 16.3 Å². The lowest BCUT2D eigenvalue weighted by Crippen LogP contribution is -2.39. The van der Waals surface area contributed by atoms with Gasteiger partial charge in [0, 0.05) is 17.1 Å². The SMILES string of the molecule is CCCCNC(=O)NS(=O)(=O)c1ccc(Nc2nc(SC)nc3sc4c(c23)CCCC4)cc1. The van der Waals surface area contributed by atoms with E-state index in [9.17, 15) is 13.2 Å². The van der Waals surface area contributed by atoms with Gasteiger partial charge in [0.25, 0.3) is 10.0 Å². The highest BCUT2D eigenvalue weighted by Gasteiger charge is 2.22. The molecule has 2 amide bonds. The summed E-state index contributed by atoms with van der Waals surface area (Å²) in [6.45, 7) is 2.42. The molecule has 0 saturated carbocycles. The third kappa shape index (κ3) is 5.42. The van der Waals surface area contributed by atoms with Crippen LogP contribution in [0.3, 0.4) is 0 Å². The van der Waals surface area contributed by atoms with Gasteiger partial charge in [-0.3, -0.25) is 0 Å². The number of nitrogens with zero attached hydrogens (tertiary/aromatic N) is 2. The number of carbonyl (C=O) groups is 1. The fourth-order valence-electron chi connectivity index (χ4n) is 3.77. The zero-order valence-electron chi connectivity index (χ0n) is 18.6. The number of nitrogens with one attached hydrogen (secondary N) is 3. The molecule has 2 heterocycles. The van der Waals surface area contributed by atoms with E-state index >= 15 is 0 Å². The average molecular weight is 506 g/mol. The molecule has 0 aliphatic heterocycles. The summed E-state index contributed by atoms with van der Waals surface area (Å²) >= 11 is 3.23. The van der Waals surface area contributed by atoms with E-state index in [4.69, 9.17) is 9.97 Å². The first-order valence-corrected chi connectivity index (χ1v) is 14.5. The molecular formula is C22H27N5O3S3. The second-order valence-electron chi connectivity index (χ2n) is 7.81. The van der Waals surface area contributed by atoms with E-state index in [0.717, 1.165) is 48.1 Å². The Hall–Kier alpha value is -2.37. The number of fused-ring (bicyclic) bond motifs is 3. The molecule has 4 rings (SSSR count). The van der Waals surface area contributed by atoms with Crippen molar-refractivity contribution in [3.63, 3.8) is 0 Å². The van der Waals surface area contributed by atoms with Crippen LogP contribution in [0.25, 0.3) is 10.2 Å². The lowest BCUT2D eigenvalue weighted by atomic mass is 9.97. The molecule has 0 unspecified atom stereocenters. The largest absolute Gasteiger partial charge is 0.340 e. The van der Waals surface area contributed by atoms with Crippen LogP contribution in [-0.4, -0.2) is 37.2 Å². The summed E-state index contributed by atoms with van der Waals surface area (Å²) in [6, 6.07) is 5.58. The Kier molecular flexibility index (Phi) is 7.40. The van der Waals surface area contributed by atoms with Crippen molar-refractivity contribution in [2.75, 3.05) is 18.1 Å². The van der Waals surface area contributed by atoms with E-state index in [-0.39, 0.29) is 4.90 Å². The first-order chi connectivity index (χ1) is 15.9.